The molecule has 0 bridgehead atoms. The van der Waals surface area contributed by atoms with Gasteiger partial charge in [0.2, 0.25) is 0 Å². The van der Waals surface area contributed by atoms with Crippen LogP contribution in [0, 0.1) is 0 Å². The number of rotatable bonds is 5. The molecule has 1 heterocycles. The minimum atomic E-state index is -0.324. The van der Waals surface area contributed by atoms with Crippen LogP contribution in [-0.2, 0) is 0 Å². The number of halogens is 1. The highest BCUT2D eigenvalue weighted by Gasteiger charge is 2.17. The zero-order valence-electron chi connectivity index (χ0n) is 13.7. The van der Waals surface area contributed by atoms with Gasteiger partial charge in [-0.15, -0.1) is 0 Å². The van der Waals surface area contributed by atoms with Crippen molar-refractivity contribution in [3.05, 3.63) is 65.4 Å². The Labute approximate surface area is 149 Å². The summed E-state index contributed by atoms with van der Waals surface area (Å²) in [7, 11) is 3.05. The van der Waals surface area contributed by atoms with E-state index in [1.165, 1.54) is 7.11 Å². The smallest absolute Gasteiger partial charge is 0.259 e. The Balaban J connectivity index is 1.96. The van der Waals surface area contributed by atoms with Gasteiger partial charge in [0.15, 0.2) is 0 Å². The number of aromatic nitrogens is 2. The molecule has 0 radical (unpaired) electrons. The SMILES string of the molecule is COc1ccc(C(=O)Nc2cccc(Cl)c2-n2cccn2)c(OC)c1. The summed E-state index contributed by atoms with van der Waals surface area (Å²) in [6.45, 7) is 0. The van der Waals surface area contributed by atoms with Gasteiger partial charge in [0.25, 0.3) is 5.91 Å². The second-order valence-electron chi connectivity index (χ2n) is 5.11. The van der Waals surface area contributed by atoms with Crippen LogP contribution < -0.4 is 14.8 Å². The molecule has 0 fully saturated rings. The largest absolute Gasteiger partial charge is 0.497 e. The standard InChI is InChI=1S/C18H16ClN3O3/c1-24-12-7-8-13(16(11-12)25-2)18(23)21-15-6-3-5-14(19)17(15)22-10-4-9-20-22/h3-11H,1-2H3,(H,21,23). The molecule has 3 aromatic rings. The van der Waals surface area contributed by atoms with Gasteiger partial charge in [-0.1, -0.05) is 17.7 Å². The predicted octanol–water partition coefficient (Wildman–Crippen LogP) is 3.80. The molecule has 25 heavy (non-hydrogen) atoms. The lowest BCUT2D eigenvalue weighted by Gasteiger charge is -2.14. The highest BCUT2D eigenvalue weighted by Crippen LogP contribution is 2.30. The van der Waals surface area contributed by atoms with Crippen molar-refractivity contribution in [2.24, 2.45) is 0 Å². The van der Waals surface area contributed by atoms with Crippen molar-refractivity contribution in [3.63, 3.8) is 0 Å². The summed E-state index contributed by atoms with van der Waals surface area (Å²) in [6.07, 6.45) is 3.40. The first kappa shape index (κ1) is 16.9. The fraction of sp³-hybridized carbons (Fsp3) is 0.111. The van der Waals surface area contributed by atoms with Crippen molar-refractivity contribution in [2.45, 2.75) is 0 Å². The molecule has 1 N–H and O–H groups in total. The van der Waals surface area contributed by atoms with Crippen molar-refractivity contribution in [1.29, 1.82) is 0 Å². The first-order chi connectivity index (χ1) is 12.1. The monoisotopic (exact) mass is 357 g/mol. The van der Waals surface area contributed by atoms with E-state index >= 15 is 0 Å². The number of hydrogen-bond acceptors (Lipinski definition) is 4. The Hall–Kier alpha value is -2.99. The molecular formula is C18H16ClN3O3. The van der Waals surface area contributed by atoms with E-state index in [0.29, 0.717) is 33.5 Å². The lowest BCUT2D eigenvalue weighted by Crippen LogP contribution is -2.15. The normalized spacial score (nSPS) is 10.4. The summed E-state index contributed by atoms with van der Waals surface area (Å²) in [5.74, 6) is 0.697. The number of anilines is 1. The molecule has 0 unspecified atom stereocenters. The van der Waals surface area contributed by atoms with E-state index in [1.54, 1.807) is 66.6 Å². The van der Waals surface area contributed by atoms with Crippen LogP contribution in [0.1, 0.15) is 10.4 Å². The van der Waals surface area contributed by atoms with Gasteiger partial charge in [0, 0.05) is 18.5 Å². The molecule has 0 aliphatic carbocycles. The van der Waals surface area contributed by atoms with E-state index < -0.39 is 0 Å². The number of nitrogens with zero attached hydrogens (tertiary/aromatic N) is 2. The average Bonchev–Trinajstić information content (AvgIpc) is 3.15. The Morgan fingerprint density at radius 3 is 2.68 bits per heavy atom. The minimum Gasteiger partial charge on any atom is -0.497 e. The Morgan fingerprint density at radius 1 is 1.16 bits per heavy atom. The maximum atomic E-state index is 12.7. The maximum absolute atomic E-state index is 12.7. The number of ether oxygens (including phenoxy) is 2. The molecule has 6 nitrogen and oxygen atoms in total. The van der Waals surface area contributed by atoms with Gasteiger partial charge in [-0.2, -0.15) is 5.10 Å². The summed E-state index contributed by atoms with van der Waals surface area (Å²) in [5, 5.41) is 7.52. The topological polar surface area (TPSA) is 65.4 Å². The van der Waals surface area contributed by atoms with Crippen LogP contribution in [0.2, 0.25) is 5.02 Å². The molecular weight excluding hydrogens is 342 g/mol. The third-order valence-electron chi connectivity index (χ3n) is 3.62. The Bertz CT molecular complexity index is 895. The minimum absolute atomic E-state index is 0.324. The molecule has 0 saturated carbocycles. The number of benzene rings is 2. The number of amides is 1. The van der Waals surface area contributed by atoms with Gasteiger partial charge in [-0.3, -0.25) is 4.79 Å². The van der Waals surface area contributed by atoms with Crippen LogP contribution in [0.4, 0.5) is 5.69 Å². The molecule has 0 saturated heterocycles. The maximum Gasteiger partial charge on any atom is 0.259 e. The van der Waals surface area contributed by atoms with Gasteiger partial charge in [0.1, 0.15) is 17.2 Å². The Kier molecular flexibility index (Phi) is 4.90. The molecule has 3 rings (SSSR count). The summed E-state index contributed by atoms with van der Waals surface area (Å²) < 4.78 is 12.0. The van der Waals surface area contributed by atoms with E-state index in [2.05, 4.69) is 10.4 Å². The first-order valence-corrected chi connectivity index (χ1v) is 7.83. The third kappa shape index (κ3) is 3.44. The van der Waals surface area contributed by atoms with Crippen LogP contribution in [0.5, 0.6) is 11.5 Å². The second-order valence-corrected chi connectivity index (χ2v) is 5.51. The molecule has 0 atom stereocenters. The summed E-state index contributed by atoms with van der Waals surface area (Å²) in [4.78, 5) is 12.7. The molecule has 0 aliphatic rings. The number of carbonyl (C=O) groups excluding carboxylic acids is 1. The predicted molar refractivity (Wildman–Crippen MR) is 96.1 cm³/mol. The molecule has 128 valence electrons. The zero-order valence-corrected chi connectivity index (χ0v) is 14.4. The molecule has 1 aromatic heterocycles. The zero-order chi connectivity index (χ0) is 17.8. The molecule has 0 aliphatic heterocycles. The van der Waals surface area contributed by atoms with Gasteiger partial charge in [0.05, 0.1) is 30.5 Å². The van der Waals surface area contributed by atoms with Crippen LogP contribution in [-0.4, -0.2) is 29.9 Å². The van der Waals surface area contributed by atoms with Crippen molar-refractivity contribution in [2.75, 3.05) is 19.5 Å². The van der Waals surface area contributed by atoms with E-state index in [1.807, 2.05) is 0 Å². The molecule has 1 amide bonds. The molecule has 2 aromatic carbocycles. The Morgan fingerprint density at radius 2 is 2.00 bits per heavy atom. The summed E-state index contributed by atoms with van der Waals surface area (Å²) >= 11 is 6.30. The number of methoxy groups -OCH3 is 2. The second kappa shape index (κ2) is 7.27. The van der Waals surface area contributed by atoms with E-state index in [0.717, 1.165) is 0 Å². The number of carbonyl (C=O) groups is 1. The van der Waals surface area contributed by atoms with Crippen LogP contribution >= 0.6 is 11.6 Å². The highest BCUT2D eigenvalue weighted by molar-refractivity contribution is 6.33. The van der Waals surface area contributed by atoms with Gasteiger partial charge < -0.3 is 14.8 Å². The number of para-hydroxylation sites is 1. The summed E-state index contributed by atoms with van der Waals surface area (Å²) in [5.41, 5.74) is 1.52. The highest BCUT2D eigenvalue weighted by atomic mass is 35.5. The number of nitrogens with one attached hydrogen (secondary N) is 1. The van der Waals surface area contributed by atoms with E-state index in [4.69, 9.17) is 21.1 Å². The molecule has 7 heteroatoms. The fourth-order valence-electron chi connectivity index (χ4n) is 2.43. The first-order valence-electron chi connectivity index (χ1n) is 7.46. The third-order valence-corrected chi connectivity index (χ3v) is 3.93. The van der Waals surface area contributed by atoms with E-state index in [-0.39, 0.29) is 5.91 Å². The van der Waals surface area contributed by atoms with Crippen LogP contribution in [0.3, 0.4) is 0 Å². The van der Waals surface area contributed by atoms with Crippen molar-refractivity contribution >= 4 is 23.2 Å². The van der Waals surface area contributed by atoms with Crippen molar-refractivity contribution in [1.82, 2.24) is 9.78 Å². The van der Waals surface area contributed by atoms with Gasteiger partial charge in [-0.25, -0.2) is 4.68 Å². The quantitative estimate of drug-likeness (QED) is 0.754. The molecule has 0 spiro atoms. The fourth-order valence-corrected chi connectivity index (χ4v) is 2.69. The van der Waals surface area contributed by atoms with Gasteiger partial charge in [-0.05, 0) is 30.3 Å². The van der Waals surface area contributed by atoms with E-state index in [9.17, 15) is 4.79 Å². The summed E-state index contributed by atoms with van der Waals surface area (Å²) in [6, 6.07) is 12.0. The lowest BCUT2D eigenvalue weighted by molar-refractivity contribution is 0.102. The van der Waals surface area contributed by atoms with Crippen molar-refractivity contribution in [3.8, 4) is 17.2 Å². The van der Waals surface area contributed by atoms with Crippen molar-refractivity contribution < 1.29 is 14.3 Å². The lowest BCUT2D eigenvalue weighted by atomic mass is 10.1. The van der Waals surface area contributed by atoms with Gasteiger partial charge >= 0.3 is 0 Å². The van der Waals surface area contributed by atoms with Crippen LogP contribution in [0.25, 0.3) is 5.69 Å². The average molecular weight is 358 g/mol. The number of hydrogen-bond donors (Lipinski definition) is 1. The van der Waals surface area contributed by atoms with Crippen LogP contribution in [0.15, 0.2) is 54.9 Å².